The predicted molar refractivity (Wildman–Crippen MR) is 69.0 cm³/mol. The normalized spacial score (nSPS) is 11.5. The lowest BCUT2D eigenvalue weighted by Crippen LogP contribution is -2.17. The minimum Gasteiger partial charge on any atom is -0.496 e. The third kappa shape index (κ3) is 3.23. The quantitative estimate of drug-likeness (QED) is 0.753. The van der Waals surface area contributed by atoms with Crippen molar-refractivity contribution in [1.82, 2.24) is 0 Å². The highest BCUT2D eigenvalue weighted by molar-refractivity contribution is 9.09. The number of alkyl halides is 1. The van der Waals surface area contributed by atoms with Gasteiger partial charge in [-0.2, -0.15) is 0 Å². The van der Waals surface area contributed by atoms with Crippen molar-refractivity contribution in [3.05, 3.63) is 29.3 Å². The van der Waals surface area contributed by atoms with Gasteiger partial charge in [-0.15, -0.1) is 0 Å². The fourth-order valence-electron chi connectivity index (χ4n) is 1.62. The first kappa shape index (κ1) is 12.6. The van der Waals surface area contributed by atoms with Gasteiger partial charge in [-0.05, 0) is 36.0 Å². The number of hydrogen-bond donors (Lipinski definition) is 0. The van der Waals surface area contributed by atoms with Gasteiger partial charge in [-0.25, -0.2) is 0 Å². The summed E-state index contributed by atoms with van der Waals surface area (Å²) in [6, 6.07) is 6.22. The first-order valence-electron chi connectivity index (χ1n) is 5.18. The molecule has 0 unspecified atom stereocenters. The second-order valence-corrected chi connectivity index (χ2v) is 5.29. The van der Waals surface area contributed by atoms with Crippen LogP contribution in [0.5, 0.6) is 5.75 Å². The lowest BCUT2D eigenvalue weighted by Gasteiger charge is -2.24. The highest BCUT2D eigenvalue weighted by atomic mass is 79.9. The smallest absolute Gasteiger partial charge is 0.122 e. The fourth-order valence-corrected chi connectivity index (χ4v) is 1.82. The van der Waals surface area contributed by atoms with Crippen molar-refractivity contribution in [2.75, 3.05) is 12.4 Å². The summed E-state index contributed by atoms with van der Waals surface area (Å²) in [4.78, 5) is 0. The maximum absolute atomic E-state index is 5.40. The highest BCUT2D eigenvalue weighted by Crippen LogP contribution is 2.31. The summed E-state index contributed by atoms with van der Waals surface area (Å²) in [6.07, 6.45) is 1.04. The molecular formula is C13H19BrO. The summed E-state index contributed by atoms with van der Waals surface area (Å²) in [5, 5.41) is 0.998. The van der Waals surface area contributed by atoms with Crippen LogP contribution in [0.3, 0.4) is 0 Å². The Balaban J connectivity index is 3.02. The van der Waals surface area contributed by atoms with Crippen LogP contribution in [0.25, 0.3) is 0 Å². The zero-order valence-electron chi connectivity index (χ0n) is 9.93. The van der Waals surface area contributed by atoms with E-state index in [2.05, 4.69) is 42.8 Å². The van der Waals surface area contributed by atoms with Gasteiger partial charge in [-0.3, -0.25) is 0 Å². The van der Waals surface area contributed by atoms with E-state index >= 15 is 0 Å². The molecule has 0 radical (unpaired) electrons. The van der Waals surface area contributed by atoms with Gasteiger partial charge in [0, 0.05) is 5.33 Å². The van der Waals surface area contributed by atoms with Crippen LogP contribution in [-0.2, 0) is 6.42 Å². The van der Waals surface area contributed by atoms with Gasteiger partial charge >= 0.3 is 0 Å². The van der Waals surface area contributed by atoms with Gasteiger partial charge in [0.25, 0.3) is 0 Å². The summed E-state index contributed by atoms with van der Waals surface area (Å²) >= 11 is 3.56. The van der Waals surface area contributed by atoms with Crippen LogP contribution >= 0.6 is 15.9 Å². The molecule has 1 aromatic carbocycles. The molecule has 0 bridgehead atoms. The Bertz CT molecular complexity index is 331. The number of halogens is 1. The zero-order chi connectivity index (χ0) is 11.5. The topological polar surface area (TPSA) is 9.23 Å². The molecule has 0 saturated carbocycles. The van der Waals surface area contributed by atoms with E-state index in [0.717, 1.165) is 17.5 Å². The lowest BCUT2D eigenvalue weighted by molar-refractivity contribution is 0.383. The Labute approximate surface area is 101 Å². The van der Waals surface area contributed by atoms with Gasteiger partial charge in [0.05, 0.1) is 7.11 Å². The van der Waals surface area contributed by atoms with Crippen LogP contribution in [-0.4, -0.2) is 12.4 Å². The summed E-state index contributed by atoms with van der Waals surface area (Å²) in [6.45, 7) is 6.66. The summed E-state index contributed by atoms with van der Waals surface area (Å²) in [7, 11) is 1.74. The lowest BCUT2D eigenvalue weighted by atomic mass is 9.86. The van der Waals surface area contributed by atoms with Gasteiger partial charge in [-0.1, -0.05) is 41.9 Å². The van der Waals surface area contributed by atoms with E-state index in [1.165, 1.54) is 11.1 Å². The van der Waals surface area contributed by atoms with E-state index in [1.807, 2.05) is 12.1 Å². The van der Waals surface area contributed by atoms with Crippen molar-refractivity contribution in [3.8, 4) is 5.75 Å². The standard InChI is InChI=1S/C13H19BrO/c1-10-6-5-7-12(15-4)11(10)8-13(2,3)9-14/h5-7H,8-9H2,1-4H3. The summed E-state index contributed by atoms with van der Waals surface area (Å²) in [5.41, 5.74) is 2.90. The van der Waals surface area contributed by atoms with Crippen LogP contribution in [0, 0.1) is 12.3 Å². The molecule has 0 atom stereocenters. The van der Waals surface area contributed by atoms with E-state index in [4.69, 9.17) is 4.74 Å². The Kier molecular flexibility index (Phi) is 4.21. The molecule has 0 saturated heterocycles. The molecule has 0 amide bonds. The molecule has 0 aliphatic heterocycles. The van der Waals surface area contributed by atoms with Crippen molar-refractivity contribution in [2.45, 2.75) is 27.2 Å². The molecule has 0 N–H and O–H groups in total. The van der Waals surface area contributed by atoms with Crippen molar-refractivity contribution >= 4 is 15.9 Å². The molecule has 0 fully saturated rings. The van der Waals surface area contributed by atoms with Crippen LogP contribution in [0.15, 0.2) is 18.2 Å². The maximum Gasteiger partial charge on any atom is 0.122 e. The molecule has 0 aliphatic carbocycles. The van der Waals surface area contributed by atoms with E-state index in [1.54, 1.807) is 7.11 Å². The number of hydrogen-bond acceptors (Lipinski definition) is 1. The Hall–Kier alpha value is -0.500. The average Bonchev–Trinajstić information content (AvgIpc) is 2.21. The number of rotatable bonds is 4. The van der Waals surface area contributed by atoms with E-state index in [-0.39, 0.29) is 5.41 Å². The Morgan fingerprint density at radius 2 is 2.00 bits per heavy atom. The third-order valence-electron chi connectivity index (χ3n) is 2.60. The van der Waals surface area contributed by atoms with Crippen molar-refractivity contribution in [3.63, 3.8) is 0 Å². The van der Waals surface area contributed by atoms with E-state index < -0.39 is 0 Å². The van der Waals surface area contributed by atoms with E-state index in [9.17, 15) is 0 Å². The number of aryl methyl sites for hydroxylation is 1. The molecule has 0 spiro atoms. The molecule has 84 valence electrons. The van der Waals surface area contributed by atoms with Gasteiger partial charge < -0.3 is 4.74 Å². The molecule has 0 heterocycles. The maximum atomic E-state index is 5.40. The molecule has 1 rings (SSSR count). The number of benzene rings is 1. The molecule has 0 aliphatic rings. The SMILES string of the molecule is COc1cccc(C)c1CC(C)(C)CBr. The van der Waals surface area contributed by atoms with Crippen LogP contribution in [0.1, 0.15) is 25.0 Å². The fraction of sp³-hybridized carbons (Fsp3) is 0.538. The second kappa shape index (κ2) is 5.02. The molecule has 1 aromatic rings. The summed E-state index contributed by atoms with van der Waals surface area (Å²) in [5.74, 6) is 1.00. The average molecular weight is 271 g/mol. The molecular weight excluding hydrogens is 252 g/mol. The number of methoxy groups -OCH3 is 1. The minimum atomic E-state index is 0.263. The van der Waals surface area contributed by atoms with Gasteiger partial charge in [0.2, 0.25) is 0 Å². The molecule has 15 heavy (non-hydrogen) atoms. The first-order chi connectivity index (χ1) is 7.00. The van der Waals surface area contributed by atoms with E-state index in [0.29, 0.717) is 0 Å². The zero-order valence-corrected chi connectivity index (χ0v) is 11.5. The van der Waals surface area contributed by atoms with Crippen LogP contribution in [0.2, 0.25) is 0 Å². The van der Waals surface area contributed by atoms with Crippen LogP contribution < -0.4 is 4.74 Å². The van der Waals surface area contributed by atoms with Crippen molar-refractivity contribution in [1.29, 1.82) is 0 Å². The molecule has 2 heteroatoms. The van der Waals surface area contributed by atoms with Crippen molar-refractivity contribution in [2.24, 2.45) is 5.41 Å². The third-order valence-corrected chi connectivity index (χ3v) is 4.12. The predicted octanol–water partition coefficient (Wildman–Crippen LogP) is 3.97. The number of ether oxygens (including phenoxy) is 1. The monoisotopic (exact) mass is 270 g/mol. The second-order valence-electron chi connectivity index (χ2n) is 4.73. The van der Waals surface area contributed by atoms with Gasteiger partial charge in [0.1, 0.15) is 5.75 Å². The molecule has 1 nitrogen and oxygen atoms in total. The minimum absolute atomic E-state index is 0.263. The Morgan fingerprint density at radius 3 is 2.53 bits per heavy atom. The van der Waals surface area contributed by atoms with Gasteiger partial charge in [0.15, 0.2) is 0 Å². The van der Waals surface area contributed by atoms with Crippen LogP contribution in [0.4, 0.5) is 0 Å². The largest absolute Gasteiger partial charge is 0.496 e. The molecule has 0 aromatic heterocycles. The summed E-state index contributed by atoms with van der Waals surface area (Å²) < 4.78 is 5.40. The van der Waals surface area contributed by atoms with Crippen molar-refractivity contribution < 1.29 is 4.74 Å². The highest BCUT2D eigenvalue weighted by Gasteiger charge is 2.20. The Morgan fingerprint density at radius 1 is 1.33 bits per heavy atom. The first-order valence-corrected chi connectivity index (χ1v) is 6.31.